The first-order chi connectivity index (χ1) is 7.65. The van der Waals surface area contributed by atoms with E-state index >= 15 is 0 Å². The van der Waals surface area contributed by atoms with Gasteiger partial charge in [0.2, 0.25) is 0 Å². The third-order valence-electron chi connectivity index (χ3n) is 2.25. The van der Waals surface area contributed by atoms with E-state index in [1.54, 1.807) is 25.1 Å². The Hall–Kier alpha value is -1.35. The maximum absolute atomic E-state index is 13.5. The van der Waals surface area contributed by atoms with E-state index in [0.717, 1.165) is 12.8 Å². The van der Waals surface area contributed by atoms with Crippen LogP contribution in [0.25, 0.3) is 0 Å². The highest BCUT2D eigenvalue weighted by molar-refractivity contribution is 5.30. The van der Waals surface area contributed by atoms with Crippen LogP contribution in [0.15, 0.2) is 30.9 Å². The van der Waals surface area contributed by atoms with Crippen molar-refractivity contribution in [3.63, 3.8) is 0 Å². The Balaban J connectivity index is 2.57. The zero-order valence-electron chi connectivity index (χ0n) is 9.45. The monoisotopic (exact) mass is 224 g/mol. The van der Waals surface area contributed by atoms with Gasteiger partial charge in [-0.3, -0.25) is 0 Å². The number of aliphatic hydroxyl groups is 1. The first-order valence-corrected chi connectivity index (χ1v) is 5.36. The molecule has 0 aliphatic rings. The smallest absolute Gasteiger partial charge is 0.165 e. The fraction of sp³-hybridized carbons (Fsp3) is 0.385. The summed E-state index contributed by atoms with van der Waals surface area (Å²) in [5.74, 6) is -0.203. The number of hydrogen-bond donors (Lipinski definition) is 1. The molecular weight excluding hydrogens is 207 g/mol. The Labute approximate surface area is 95.4 Å². The molecule has 0 amide bonds. The third kappa shape index (κ3) is 3.66. The quantitative estimate of drug-likeness (QED) is 0.594. The standard InChI is InChI=1S/C13H17FO2/c1-3-4-5-8-16-13-7-6-11(10(2)15)9-12(13)14/h3,6-7,9-10,15H,1,4-5,8H2,2H3/t10-/m1/s1. The molecule has 0 unspecified atom stereocenters. The van der Waals surface area contributed by atoms with Gasteiger partial charge in [0.15, 0.2) is 11.6 Å². The highest BCUT2D eigenvalue weighted by atomic mass is 19.1. The largest absolute Gasteiger partial charge is 0.491 e. The molecule has 0 aliphatic carbocycles. The Morgan fingerprint density at radius 3 is 2.88 bits per heavy atom. The molecule has 0 radical (unpaired) electrons. The molecule has 88 valence electrons. The van der Waals surface area contributed by atoms with Crippen LogP contribution in [-0.2, 0) is 0 Å². The second kappa shape index (κ2) is 6.28. The van der Waals surface area contributed by atoms with Crippen molar-refractivity contribution in [1.82, 2.24) is 0 Å². The predicted octanol–water partition coefficient (Wildman–Crippen LogP) is 3.22. The molecule has 1 rings (SSSR count). The van der Waals surface area contributed by atoms with Crippen molar-refractivity contribution in [1.29, 1.82) is 0 Å². The molecule has 0 saturated carbocycles. The first-order valence-electron chi connectivity index (χ1n) is 5.36. The van der Waals surface area contributed by atoms with E-state index in [1.165, 1.54) is 6.07 Å². The van der Waals surface area contributed by atoms with Gasteiger partial charge in [0.25, 0.3) is 0 Å². The summed E-state index contributed by atoms with van der Waals surface area (Å²) in [5.41, 5.74) is 0.552. The molecular formula is C13H17FO2. The van der Waals surface area contributed by atoms with Crippen molar-refractivity contribution in [3.05, 3.63) is 42.2 Å². The van der Waals surface area contributed by atoms with E-state index < -0.39 is 11.9 Å². The molecule has 3 heteroatoms. The van der Waals surface area contributed by atoms with Crippen LogP contribution in [0.3, 0.4) is 0 Å². The van der Waals surface area contributed by atoms with Gasteiger partial charge in [-0.2, -0.15) is 0 Å². The lowest BCUT2D eigenvalue weighted by Crippen LogP contribution is -2.00. The SMILES string of the molecule is C=CCCCOc1ccc([C@@H](C)O)cc1F. The van der Waals surface area contributed by atoms with E-state index in [1.807, 2.05) is 0 Å². The van der Waals surface area contributed by atoms with E-state index in [4.69, 9.17) is 4.74 Å². The molecule has 0 heterocycles. The normalized spacial score (nSPS) is 12.2. The first kappa shape index (κ1) is 12.7. The summed E-state index contributed by atoms with van der Waals surface area (Å²) in [6.07, 6.45) is 2.81. The van der Waals surface area contributed by atoms with Crippen molar-refractivity contribution in [2.24, 2.45) is 0 Å². The molecule has 0 spiro atoms. The number of hydrogen-bond acceptors (Lipinski definition) is 2. The summed E-state index contributed by atoms with van der Waals surface area (Å²) in [5, 5.41) is 9.27. The van der Waals surface area contributed by atoms with E-state index in [-0.39, 0.29) is 5.75 Å². The highest BCUT2D eigenvalue weighted by Crippen LogP contribution is 2.22. The molecule has 1 N–H and O–H groups in total. The van der Waals surface area contributed by atoms with Crippen LogP contribution in [0.5, 0.6) is 5.75 Å². The molecule has 0 aliphatic heterocycles. The molecule has 0 aromatic heterocycles. The molecule has 0 saturated heterocycles. The van der Waals surface area contributed by atoms with Gasteiger partial charge < -0.3 is 9.84 Å². The average molecular weight is 224 g/mol. The molecule has 1 aromatic carbocycles. The van der Waals surface area contributed by atoms with Gasteiger partial charge in [0.05, 0.1) is 12.7 Å². The van der Waals surface area contributed by atoms with Crippen LogP contribution in [0.2, 0.25) is 0 Å². The number of benzene rings is 1. The maximum Gasteiger partial charge on any atom is 0.165 e. The number of unbranched alkanes of at least 4 members (excludes halogenated alkanes) is 1. The minimum absolute atomic E-state index is 0.230. The van der Waals surface area contributed by atoms with Crippen molar-refractivity contribution in [2.45, 2.75) is 25.9 Å². The van der Waals surface area contributed by atoms with Crippen LogP contribution >= 0.6 is 0 Å². The Bertz CT molecular complexity index is 348. The lowest BCUT2D eigenvalue weighted by atomic mass is 10.1. The number of aliphatic hydroxyl groups excluding tert-OH is 1. The van der Waals surface area contributed by atoms with Crippen LogP contribution in [-0.4, -0.2) is 11.7 Å². The second-order valence-electron chi connectivity index (χ2n) is 3.65. The Morgan fingerprint density at radius 2 is 2.31 bits per heavy atom. The maximum atomic E-state index is 13.5. The molecule has 16 heavy (non-hydrogen) atoms. The van der Waals surface area contributed by atoms with Crippen LogP contribution in [0.1, 0.15) is 31.4 Å². The van der Waals surface area contributed by atoms with Gasteiger partial charge in [-0.05, 0) is 37.5 Å². The Morgan fingerprint density at radius 1 is 1.56 bits per heavy atom. The zero-order valence-corrected chi connectivity index (χ0v) is 9.45. The fourth-order valence-electron chi connectivity index (χ4n) is 1.30. The van der Waals surface area contributed by atoms with Crippen LogP contribution < -0.4 is 4.74 Å². The Kier molecular flexibility index (Phi) is 4.99. The van der Waals surface area contributed by atoms with Gasteiger partial charge >= 0.3 is 0 Å². The summed E-state index contributed by atoms with van der Waals surface area (Å²) in [6.45, 7) is 5.66. The topological polar surface area (TPSA) is 29.5 Å². The summed E-state index contributed by atoms with van der Waals surface area (Å²) in [7, 11) is 0. The number of halogens is 1. The van der Waals surface area contributed by atoms with Gasteiger partial charge in [0, 0.05) is 0 Å². The van der Waals surface area contributed by atoms with Gasteiger partial charge in [-0.1, -0.05) is 12.1 Å². The van der Waals surface area contributed by atoms with E-state index in [2.05, 4.69) is 6.58 Å². The minimum Gasteiger partial charge on any atom is -0.491 e. The predicted molar refractivity (Wildman–Crippen MR) is 62.0 cm³/mol. The number of allylic oxidation sites excluding steroid dienone is 1. The molecule has 0 fully saturated rings. The van der Waals surface area contributed by atoms with Crippen molar-refractivity contribution < 1.29 is 14.2 Å². The summed E-state index contributed by atoms with van der Waals surface area (Å²) in [4.78, 5) is 0. The average Bonchev–Trinajstić information content (AvgIpc) is 2.26. The zero-order chi connectivity index (χ0) is 12.0. The summed E-state index contributed by atoms with van der Waals surface area (Å²) in [6, 6.07) is 4.51. The van der Waals surface area contributed by atoms with Crippen molar-refractivity contribution >= 4 is 0 Å². The second-order valence-corrected chi connectivity index (χ2v) is 3.65. The lowest BCUT2D eigenvalue weighted by molar-refractivity contribution is 0.198. The van der Waals surface area contributed by atoms with Gasteiger partial charge in [-0.25, -0.2) is 4.39 Å². The molecule has 2 nitrogen and oxygen atoms in total. The third-order valence-corrected chi connectivity index (χ3v) is 2.25. The van der Waals surface area contributed by atoms with E-state index in [0.29, 0.717) is 12.2 Å². The molecule has 1 aromatic rings. The summed E-state index contributed by atoms with van der Waals surface area (Å²) < 4.78 is 18.7. The van der Waals surface area contributed by atoms with Crippen molar-refractivity contribution in [2.75, 3.05) is 6.61 Å². The van der Waals surface area contributed by atoms with Crippen LogP contribution in [0.4, 0.5) is 4.39 Å². The molecule has 0 bridgehead atoms. The fourth-order valence-corrected chi connectivity index (χ4v) is 1.30. The number of rotatable bonds is 6. The number of ether oxygens (including phenoxy) is 1. The van der Waals surface area contributed by atoms with Gasteiger partial charge in [0.1, 0.15) is 0 Å². The van der Waals surface area contributed by atoms with Crippen LogP contribution in [0, 0.1) is 5.82 Å². The lowest BCUT2D eigenvalue weighted by Gasteiger charge is -2.09. The summed E-state index contributed by atoms with van der Waals surface area (Å²) >= 11 is 0. The van der Waals surface area contributed by atoms with Gasteiger partial charge in [-0.15, -0.1) is 6.58 Å². The highest BCUT2D eigenvalue weighted by Gasteiger charge is 2.07. The molecule has 1 atom stereocenters. The minimum atomic E-state index is -0.663. The van der Waals surface area contributed by atoms with Crippen molar-refractivity contribution in [3.8, 4) is 5.75 Å². The van der Waals surface area contributed by atoms with E-state index in [9.17, 15) is 9.50 Å².